The normalized spacial score (nSPS) is 16.7. The first-order chi connectivity index (χ1) is 29.6. The summed E-state index contributed by atoms with van der Waals surface area (Å²) in [5.41, 5.74) is 0.635. The summed E-state index contributed by atoms with van der Waals surface area (Å²) in [5.74, 6) is -1.29. The molecule has 1 amide bonds. The number of para-hydroxylation sites is 1. The van der Waals surface area contributed by atoms with Crippen molar-refractivity contribution in [3.8, 4) is 16.9 Å². The van der Waals surface area contributed by atoms with Gasteiger partial charge in [-0.25, -0.2) is 14.8 Å². The van der Waals surface area contributed by atoms with Crippen molar-refractivity contribution in [2.75, 3.05) is 49.6 Å². The van der Waals surface area contributed by atoms with Gasteiger partial charge in [0.2, 0.25) is 0 Å². The van der Waals surface area contributed by atoms with Crippen LogP contribution in [0.3, 0.4) is 0 Å². The predicted molar refractivity (Wildman–Crippen MR) is 232 cm³/mol. The highest BCUT2D eigenvalue weighted by molar-refractivity contribution is 7.22. The van der Waals surface area contributed by atoms with Gasteiger partial charge in [0.1, 0.15) is 22.7 Å². The molecule has 0 radical (unpaired) electrons. The Labute approximate surface area is 362 Å². The summed E-state index contributed by atoms with van der Waals surface area (Å²) in [6, 6.07) is 20.4. The lowest BCUT2D eigenvalue weighted by Gasteiger charge is -2.52. The number of aromatic nitrogens is 2. The molecule has 3 aromatic carbocycles. The summed E-state index contributed by atoms with van der Waals surface area (Å²) in [6.07, 6.45) is -0.766. The minimum Gasteiger partial charge on any atom is -0.493 e. The van der Waals surface area contributed by atoms with E-state index in [2.05, 4.69) is 15.2 Å². The Kier molecular flexibility index (Phi) is 12.0. The van der Waals surface area contributed by atoms with E-state index in [-0.39, 0.29) is 65.5 Å². The number of rotatable bonds is 11. The lowest BCUT2D eigenvalue weighted by atomic mass is 9.58. The Balaban J connectivity index is 1.03. The zero-order valence-corrected chi connectivity index (χ0v) is 36.1. The quantitative estimate of drug-likeness (QED) is 0.129. The van der Waals surface area contributed by atoms with Crippen LogP contribution in [0.5, 0.6) is 5.75 Å². The van der Waals surface area contributed by atoms with Crippen LogP contribution < -0.4 is 15.0 Å². The van der Waals surface area contributed by atoms with E-state index in [4.69, 9.17) is 19.2 Å². The van der Waals surface area contributed by atoms with Gasteiger partial charge in [0, 0.05) is 29.8 Å². The number of pyridine rings is 1. The summed E-state index contributed by atoms with van der Waals surface area (Å²) < 4.78 is 63.4. The van der Waals surface area contributed by atoms with Gasteiger partial charge in [-0.1, -0.05) is 47.7 Å². The molecule has 8 rings (SSSR count). The topological polar surface area (TPSA) is 123 Å². The highest BCUT2D eigenvalue weighted by atomic mass is 32.1. The average molecular weight is 870 g/mol. The number of benzene rings is 3. The number of halogens is 3. The first-order valence-corrected chi connectivity index (χ1v) is 21.9. The number of carbonyl (C=O) groups is 3. The summed E-state index contributed by atoms with van der Waals surface area (Å²) in [4.78, 5) is 52.9. The maximum atomic E-state index is 15.2. The Morgan fingerprint density at radius 2 is 1.66 bits per heavy atom. The van der Waals surface area contributed by atoms with Gasteiger partial charge in [0.15, 0.2) is 10.8 Å². The molecule has 0 bridgehead atoms. The van der Waals surface area contributed by atoms with Crippen molar-refractivity contribution < 1.29 is 41.8 Å². The third-order valence-corrected chi connectivity index (χ3v) is 12.9. The lowest BCUT2D eigenvalue weighted by molar-refractivity contribution is -0.145. The summed E-state index contributed by atoms with van der Waals surface area (Å²) in [6.45, 7) is 9.87. The summed E-state index contributed by atoms with van der Waals surface area (Å²) in [7, 11) is 0. The van der Waals surface area contributed by atoms with Crippen molar-refractivity contribution in [3.63, 3.8) is 0 Å². The highest BCUT2D eigenvalue weighted by Gasteiger charge is 2.46. The number of alkyl halides is 3. The number of amides is 1. The van der Waals surface area contributed by atoms with Crippen LogP contribution in [-0.2, 0) is 33.4 Å². The number of hydrogen-bond acceptors (Lipinski definition) is 11. The molecule has 62 heavy (non-hydrogen) atoms. The zero-order chi connectivity index (χ0) is 43.8. The number of carbonyl (C=O) groups excluding carboxylic acids is 3. The number of fused-ring (bicyclic) bond motifs is 2. The Bertz CT molecular complexity index is 2450. The summed E-state index contributed by atoms with van der Waals surface area (Å²) in [5, 5.41) is 3.42. The Hall–Kier alpha value is -5.54. The van der Waals surface area contributed by atoms with Crippen LogP contribution in [0, 0.1) is 11.3 Å². The van der Waals surface area contributed by atoms with Gasteiger partial charge in [-0.05, 0) is 132 Å². The van der Waals surface area contributed by atoms with Crippen molar-refractivity contribution in [1.29, 1.82) is 0 Å². The number of likely N-dealkylation sites (tertiary alicyclic amines) is 1. The van der Waals surface area contributed by atoms with Crippen molar-refractivity contribution >= 4 is 50.3 Å². The number of nitrogens with zero attached hydrogens (tertiary/aromatic N) is 4. The van der Waals surface area contributed by atoms with E-state index in [1.807, 2.05) is 41.3 Å². The van der Waals surface area contributed by atoms with Crippen molar-refractivity contribution in [3.05, 3.63) is 101 Å². The molecule has 0 unspecified atom stereocenters. The first kappa shape index (κ1) is 43.1. The molecule has 0 atom stereocenters. The van der Waals surface area contributed by atoms with Gasteiger partial charge in [0.25, 0.3) is 5.91 Å². The maximum absolute atomic E-state index is 15.2. The minimum absolute atomic E-state index is 0.0359. The van der Waals surface area contributed by atoms with Gasteiger partial charge in [-0.15, -0.1) is 0 Å². The molecule has 1 saturated heterocycles. The molecular formula is C47H50F3N5O6S. The van der Waals surface area contributed by atoms with Crippen LogP contribution in [-0.4, -0.2) is 77.7 Å². The molecule has 1 aliphatic carbocycles. The molecule has 326 valence electrons. The Morgan fingerprint density at radius 1 is 0.903 bits per heavy atom. The van der Waals surface area contributed by atoms with Gasteiger partial charge in [-0.3, -0.25) is 19.8 Å². The molecule has 4 heterocycles. The zero-order valence-electron chi connectivity index (χ0n) is 35.3. The van der Waals surface area contributed by atoms with Gasteiger partial charge >= 0.3 is 18.1 Å². The summed E-state index contributed by atoms with van der Waals surface area (Å²) >= 11 is 1.38. The number of anilines is 2. The monoisotopic (exact) mass is 869 g/mol. The average Bonchev–Trinajstić information content (AvgIpc) is 3.63. The number of nitrogens with one attached hydrogen (secondary N) is 1. The predicted octanol–water partition coefficient (Wildman–Crippen LogP) is 9.58. The van der Waals surface area contributed by atoms with E-state index in [0.29, 0.717) is 36.1 Å². The molecule has 1 saturated carbocycles. The maximum Gasteiger partial charge on any atom is 0.420 e. The molecule has 15 heteroatoms. The van der Waals surface area contributed by atoms with Gasteiger partial charge in [-0.2, -0.15) is 13.2 Å². The fourth-order valence-corrected chi connectivity index (χ4v) is 9.91. The van der Waals surface area contributed by atoms with Crippen molar-refractivity contribution in [2.24, 2.45) is 11.3 Å². The van der Waals surface area contributed by atoms with E-state index < -0.39 is 23.3 Å². The Morgan fingerprint density at radius 3 is 2.39 bits per heavy atom. The smallest absolute Gasteiger partial charge is 0.420 e. The molecule has 11 nitrogen and oxygen atoms in total. The second kappa shape index (κ2) is 17.3. The minimum atomic E-state index is -4.83. The van der Waals surface area contributed by atoms with Crippen LogP contribution in [0.1, 0.15) is 90.9 Å². The largest absolute Gasteiger partial charge is 0.493 e. The second-order valence-corrected chi connectivity index (χ2v) is 18.5. The first-order valence-electron chi connectivity index (χ1n) is 21.1. The van der Waals surface area contributed by atoms with E-state index in [9.17, 15) is 14.4 Å². The third-order valence-electron chi connectivity index (χ3n) is 11.9. The second-order valence-electron chi connectivity index (χ2n) is 17.5. The molecule has 2 fully saturated rings. The molecule has 1 spiro atoms. The highest BCUT2D eigenvalue weighted by Crippen LogP contribution is 2.53. The fourth-order valence-electron chi connectivity index (χ4n) is 9.05. The SMILES string of the molecule is CCOC(=O)CN1CCC2(CC1)CC(COc1cccc(-c3ccc(N4CCc5cccc(C(=O)Nc6nc7ccccc7s6)c5C4)nc3C(=O)OC(C)(C)C)c1C(F)(F)F)C2. The van der Waals surface area contributed by atoms with Crippen molar-refractivity contribution in [1.82, 2.24) is 14.9 Å². The molecule has 5 aromatic rings. The number of thiazole rings is 1. The van der Waals surface area contributed by atoms with Crippen LogP contribution in [0.2, 0.25) is 0 Å². The van der Waals surface area contributed by atoms with E-state index in [0.717, 1.165) is 60.1 Å². The molecule has 3 aliphatic rings. The number of ether oxygens (including phenoxy) is 3. The molecule has 2 aliphatic heterocycles. The third kappa shape index (κ3) is 9.43. The van der Waals surface area contributed by atoms with Crippen LogP contribution in [0.25, 0.3) is 21.3 Å². The standard InChI is InChI=1S/C47H50F3N5O6S/c1-5-59-39(56)27-54-22-19-46(20-23-54)24-29(25-46)28-60-36-14-9-11-31(40(36)47(48,49)50)32-16-17-38(52-41(32)43(58)61-45(2,3)4)55-21-18-30-10-8-12-33(34(30)26-55)42(57)53-44-51-35-13-6-7-15-37(35)62-44/h6-17,29H,5,18-28H2,1-4H3,(H,51,53,57). The van der Waals surface area contributed by atoms with Gasteiger partial charge < -0.3 is 19.1 Å². The van der Waals surface area contributed by atoms with Crippen LogP contribution in [0.15, 0.2) is 72.8 Å². The van der Waals surface area contributed by atoms with Crippen LogP contribution >= 0.6 is 11.3 Å². The molecular weight excluding hydrogens is 820 g/mol. The number of hydrogen-bond donors (Lipinski definition) is 1. The van der Waals surface area contributed by atoms with E-state index in [1.54, 1.807) is 39.8 Å². The molecule has 1 N–H and O–H groups in total. The van der Waals surface area contributed by atoms with Gasteiger partial charge in [0.05, 0.1) is 30.0 Å². The molecule has 2 aromatic heterocycles. The number of esters is 2. The van der Waals surface area contributed by atoms with Crippen LogP contribution in [0.4, 0.5) is 24.1 Å². The van der Waals surface area contributed by atoms with E-state index >= 15 is 13.2 Å². The fraction of sp³-hybridized carbons (Fsp3) is 0.426. The van der Waals surface area contributed by atoms with E-state index in [1.165, 1.54) is 35.6 Å². The van der Waals surface area contributed by atoms with Crippen molar-refractivity contribution in [2.45, 2.75) is 78.1 Å². The number of piperidine rings is 1. The lowest BCUT2D eigenvalue weighted by Crippen LogP contribution is -2.49.